The average Bonchev–Trinajstić information content (AvgIpc) is 2.41. The molecular weight excluding hydrogens is 233 g/mol. The summed E-state index contributed by atoms with van der Waals surface area (Å²) in [6.45, 7) is 1.85. The lowest BCUT2D eigenvalue weighted by Gasteiger charge is -2.28. The molecule has 2 rings (SSSR count). The molecule has 100 valence electrons. The van der Waals surface area contributed by atoms with E-state index in [0.717, 1.165) is 25.7 Å². The number of halogens is 1. The fourth-order valence-corrected chi connectivity index (χ4v) is 2.54. The second-order valence-corrected chi connectivity index (χ2v) is 4.93. The Morgan fingerprint density at radius 1 is 1.50 bits per heavy atom. The maximum Gasteiger partial charge on any atom is 0.251 e. The molecule has 0 spiro atoms. The van der Waals surface area contributed by atoms with Crippen molar-refractivity contribution < 1.29 is 14.2 Å². The van der Waals surface area contributed by atoms with Crippen LogP contribution in [-0.4, -0.2) is 16.2 Å². The second-order valence-electron chi connectivity index (χ2n) is 4.93. The fourth-order valence-electron chi connectivity index (χ4n) is 2.54. The van der Waals surface area contributed by atoms with Gasteiger partial charge in [-0.15, -0.1) is 0 Å². The van der Waals surface area contributed by atoms with E-state index < -0.39 is 5.82 Å². The first-order valence-corrected chi connectivity index (χ1v) is 6.65. The van der Waals surface area contributed by atoms with Crippen molar-refractivity contribution in [2.45, 2.75) is 51.7 Å². The highest BCUT2D eigenvalue weighted by atomic mass is 19.1. The molecule has 0 aromatic carbocycles. The monoisotopic (exact) mass is 253 g/mol. The lowest BCUT2D eigenvalue weighted by Crippen LogP contribution is -2.26. The highest BCUT2D eigenvalue weighted by molar-refractivity contribution is 5.23. The van der Waals surface area contributed by atoms with Gasteiger partial charge in [-0.3, -0.25) is 0 Å². The Hall–Kier alpha value is -1.16. The van der Waals surface area contributed by atoms with Gasteiger partial charge >= 0.3 is 0 Å². The van der Waals surface area contributed by atoms with Gasteiger partial charge in [-0.1, -0.05) is 19.8 Å². The summed E-state index contributed by atoms with van der Waals surface area (Å²) in [5.41, 5.74) is 0.239. The molecule has 0 aliphatic heterocycles. The molecular formula is C14H20FNO2. The lowest BCUT2D eigenvalue weighted by molar-refractivity contribution is 0.111. The smallest absolute Gasteiger partial charge is 0.251 e. The van der Waals surface area contributed by atoms with Gasteiger partial charge in [-0.25, -0.2) is 9.37 Å². The Kier molecular flexibility index (Phi) is 4.53. The largest absolute Gasteiger partial charge is 0.472 e. The third kappa shape index (κ3) is 2.99. The van der Waals surface area contributed by atoms with Gasteiger partial charge in [0.25, 0.3) is 5.88 Å². The summed E-state index contributed by atoms with van der Waals surface area (Å²) in [6.07, 6.45) is 6.98. The quantitative estimate of drug-likeness (QED) is 0.896. The molecule has 1 saturated carbocycles. The number of aliphatic hydroxyl groups is 1. The van der Waals surface area contributed by atoms with Crippen molar-refractivity contribution in [1.29, 1.82) is 0 Å². The highest BCUT2D eigenvalue weighted by Crippen LogP contribution is 2.30. The molecule has 18 heavy (non-hydrogen) atoms. The molecule has 2 atom stereocenters. The Morgan fingerprint density at radius 3 is 3.06 bits per heavy atom. The number of ether oxygens (including phenoxy) is 1. The third-order valence-electron chi connectivity index (χ3n) is 3.70. The molecule has 1 aliphatic rings. The third-order valence-corrected chi connectivity index (χ3v) is 3.70. The number of rotatable bonds is 4. The van der Waals surface area contributed by atoms with Crippen LogP contribution >= 0.6 is 0 Å². The van der Waals surface area contributed by atoms with E-state index in [1.54, 1.807) is 0 Å². The lowest BCUT2D eigenvalue weighted by atomic mass is 9.85. The molecule has 1 aromatic heterocycles. The minimum atomic E-state index is -0.529. The molecule has 3 nitrogen and oxygen atoms in total. The summed E-state index contributed by atoms with van der Waals surface area (Å²) in [4.78, 5) is 3.92. The molecule has 0 saturated heterocycles. The Labute approximate surface area is 107 Å². The van der Waals surface area contributed by atoms with E-state index in [1.165, 1.54) is 18.7 Å². The molecule has 0 bridgehead atoms. The van der Waals surface area contributed by atoms with Crippen LogP contribution < -0.4 is 4.74 Å². The van der Waals surface area contributed by atoms with Crippen LogP contribution in [0.25, 0.3) is 0 Å². The van der Waals surface area contributed by atoms with Gasteiger partial charge in [-0.05, 0) is 31.2 Å². The molecule has 2 unspecified atom stereocenters. The zero-order chi connectivity index (χ0) is 13.0. The topological polar surface area (TPSA) is 42.4 Å². The molecule has 1 N–H and O–H groups in total. The van der Waals surface area contributed by atoms with Gasteiger partial charge in [0.1, 0.15) is 6.10 Å². The molecule has 0 radical (unpaired) electrons. The number of aliphatic hydroxyl groups excluding tert-OH is 1. The molecule has 1 heterocycles. The summed E-state index contributed by atoms with van der Waals surface area (Å²) in [6, 6.07) is 1.47. The first-order valence-electron chi connectivity index (χ1n) is 6.65. The maximum absolute atomic E-state index is 13.9. The van der Waals surface area contributed by atoms with Crippen LogP contribution in [0.15, 0.2) is 12.3 Å². The van der Waals surface area contributed by atoms with E-state index in [0.29, 0.717) is 5.92 Å². The summed E-state index contributed by atoms with van der Waals surface area (Å²) in [5.74, 6) is 0.176. The van der Waals surface area contributed by atoms with Crippen LogP contribution in [-0.2, 0) is 6.61 Å². The van der Waals surface area contributed by atoms with Crippen molar-refractivity contribution in [3.63, 3.8) is 0 Å². The normalized spacial score (nSPS) is 23.9. The summed E-state index contributed by atoms with van der Waals surface area (Å²) in [7, 11) is 0. The van der Waals surface area contributed by atoms with E-state index in [-0.39, 0.29) is 24.2 Å². The first-order chi connectivity index (χ1) is 8.74. The summed E-state index contributed by atoms with van der Waals surface area (Å²) in [5, 5.41) is 9.01. The number of aromatic nitrogens is 1. The number of pyridine rings is 1. The number of nitrogens with zero attached hydrogens (tertiary/aromatic N) is 1. The molecule has 1 aliphatic carbocycles. The Balaban J connectivity index is 2.04. The first kappa shape index (κ1) is 13.3. The zero-order valence-corrected chi connectivity index (χ0v) is 10.7. The van der Waals surface area contributed by atoms with Gasteiger partial charge in [0.15, 0.2) is 5.82 Å². The number of hydrogen-bond acceptors (Lipinski definition) is 3. The van der Waals surface area contributed by atoms with Crippen LogP contribution in [0.4, 0.5) is 4.39 Å². The van der Waals surface area contributed by atoms with Gasteiger partial charge in [0, 0.05) is 11.8 Å². The van der Waals surface area contributed by atoms with Gasteiger partial charge in [0.2, 0.25) is 0 Å². The van der Waals surface area contributed by atoms with Crippen molar-refractivity contribution in [2.24, 2.45) is 5.92 Å². The van der Waals surface area contributed by atoms with Crippen molar-refractivity contribution in [1.82, 2.24) is 4.98 Å². The van der Waals surface area contributed by atoms with Crippen molar-refractivity contribution in [3.8, 4) is 5.88 Å². The molecule has 1 aromatic rings. The average molecular weight is 253 g/mol. The van der Waals surface area contributed by atoms with E-state index in [2.05, 4.69) is 11.9 Å². The van der Waals surface area contributed by atoms with Gasteiger partial charge < -0.3 is 9.84 Å². The standard InChI is InChI=1S/C14H20FNO2/c1-2-10-4-3-5-12(8-10)18-14-13(15)11(9-17)6-7-16-14/h6-7,10,12,17H,2-5,8-9H2,1H3. The highest BCUT2D eigenvalue weighted by Gasteiger charge is 2.23. The minimum absolute atomic E-state index is 0.0308. The van der Waals surface area contributed by atoms with Gasteiger partial charge in [0.05, 0.1) is 6.61 Å². The van der Waals surface area contributed by atoms with Crippen LogP contribution in [0.1, 0.15) is 44.6 Å². The molecule has 0 amide bonds. The van der Waals surface area contributed by atoms with E-state index in [4.69, 9.17) is 9.84 Å². The van der Waals surface area contributed by atoms with Crippen LogP contribution in [0.5, 0.6) is 5.88 Å². The number of hydrogen-bond donors (Lipinski definition) is 1. The van der Waals surface area contributed by atoms with Gasteiger partial charge in [-0.2, -0.15) is 0 Å². The zero-order valence-electron chi connectivity index (χ0n) is 10.7. The van der Waals surface area contributed by atoms with Crippen LogP contribution in [0.3, 0.4) is 0 Å². The SMILES string of the molecule is CCC1CCCC(Oc2nccc(CO)c2F)C1. The Morgan fingerprint density at radius 2 is 2.33 bits per heavy atom. The fraction of sp³-hybridized carbons (Fsp3) is 0.643. The summed E-state index contributed by atoms with van der Waals surface area (Å²) >= 11 is 0. The predicted molar refractivity (Wildman–Crippen MR) is 66.8 cm³/mol. The van der Waals surface area contributed by atoms with E-state index in [9.17, 15) is 4.39 Å². The summed E-state index contributed by atoms with van der Waals surface area (Å²) < 4.78 is 19.5. The van der Waals surface area contributed by atoms with Crippen LogP contribution in [0, 0.1) is 11.7 Å². The second kappa shape index (κ2) is 6.14. The Bertz CT molecular complexity index is 397. The maximum atomic E-state index is 13.9. The van der Waals surface area contributed by atoms with E-state index in [1.807, 2.05) is 0 Å². The van der Waals surface area contributed by atoms with Crippen molar-refractivity contribution in [3.05, 3.63) is 23.6 Å². The van der Waals surface area contributed by atoms with Crippen LogP contribution in [0.2, 0.25) is 0 Å². The van der Waals surface area contributed by atoms with E-state index >= 15 is 0 Å². The predicted octanol–water partition coefficient (Wildman–Crippen LogP) is 3.06. The minimum Gasteiger partial charge on any atom is -0.472 e. The van der Waals surface area contributed by atoms with Crippen molar-refractivity contribution >= 4 is 0 Å². The van der Waals surface area contributed by atoms with Crippen molar-refractivity contribution in [2.75, 3.05) is 0 Å². The molecule has 1 fully saturated rings. The molecule has 4 heteroatoms.